The third kappa shape index (κ3) is 2.06. The van der Waals surface area contributed by atoms with E-state index in [0.29, 0.717) is 5.92 Å². The number of hydrogen-bond acceptors (Lipinski definition) is 3. The summed E-state index contributed by atoms with van der Waals surface area (Å²) >= 11 is 0. The number of hydrogen-bond donors (Lipinski definition) is 2. The molecule has 2 aliphatic rings. The van der Waals surface area contributed by atoms with Crippen LogP contribution in [0.2, 0.25) is 0 Å². The highest BCUT2D eigenvalue weighted by molar-refractivity contribution is 6.07. The van der Waals surface area contributed by atoms with Crippen LogP contribution in [-0.2, 0) is 4.79 Å². The van der Waals surface area contributed by atoms with Gasteiger partial charge in [-0.2, -0.15) is 0 Å². The van der Waals surface area contributed by atoms with Gasteiger partial charge in [-0.3, -0.25) is 4.79 Å². The molecule has 3 N–H and O–H groups in total. The standard InChI is InChI=1S/C13H23N3O2/c1-2-10-5-8-16(9-10)12(17)13(11(14)15-18)6-3-4-7-13/h10,18H,2-9H2,1H3,(H2,14,15). The predicted octanol–water partition coefficient (Wildman–Crippen LogP) is 1.55. The van der Waals surface area contributed by atoms with Gasteiger partial charge in [0.1, 0.15) is 5.41 Å². The molecule has 1 heterocycles. The van der Waals surface area contributed by atoms with Gasteiger partial charge in [0.15, 0.2) is 5.84 Å². The van der Waals surface area contributed by atoms with Gasteiger partial charge < -0.3 is 15.8 Å². The number of nitrogens with two attached hydrogens (primary N) is 1. The smallest absolute Gasteiger partial charge is 0.236 e. The molecule has 5 heteroatoms. The first-order chi connectivity index (χ1) is 8.64. The normalized spacial score (nSPS) is 27.7. The van der Waals surface area contributed by atoms with Crippen LogP contribution in [0.5, 0.6) is 0 Å². The van der Waals surface area contributed by atoms with E-state index < -0.39 is 5.41 Å². The van der Waals surface area contributed by atoms with Crippen LogP contribution in [0.4, 0.5) is 0 Å². The second-order valence-electron chi connectivity index (χ2n) is 5.59. The molecule has 2 fully saturated rings. The van der Waals surface area contributed by atoms with Crippen LogP contribution in [0.15, 0.2) is 5.16 Å². The van der Waals surface area contributed by atoms with Crippen molar-refractivity contribution < 1.29 is 10.0 Å². The average molecular weight is 253 g/mol. The Kier molecular flexibility index (Phi) is 3.78. The molecule has 0 radical (unpaired) electrons. The van der Waals surface area contributed by atoms with Gasteiger partial charge in [0.25, 0.3) is 0 Å². The molecule has 1 aliphatic carbocycles. The zero-order chi connectivity index (χ0) is 13.2. The summed E-state index contributed by atoms with van der Waals surface area (Å²) < 4.78 is 0. The highest BCUT2D eigenvalue weighted by atomic mass is 16.4. The molecule has 1 amide bonds. The van der Waals surface area contributed by atoms with Crippen molar-refractivity contribution in [2.24, 2.45) is 22.2 Å². The topological polar surface area (TPSA) is 78.9 Å². The lowest BCUT2D eigenvalue weighted by atomic mass is 9.83. The zero-order valence-corrected chi connectivity index (χ0v) is 11.1. The number of rotatable bonds is 3. The van der Waals surface area contributed by atoms with E-state index in [0.717, 1.165) is 51.6 Å². The maximum absolute atomic E-state index is 12.7. The molecule has 1 unspecified atom stereocenters. The van der Waals surface area contributed by atoms with E-state index >= 15 is 0 Å². The van der Waals surface area contributed by atoms with E-state index in [9.17, 15) is 4.79 Å². The van der Waals surface area contributed by atoms with Crippen LogP contribution in [0.25, 0.3) is 0 Å². The van der Waals surface area contributed by atoms with Gasteiger partial charge in [0.2, 0.25) is 5.91 Å². The molecule has 0 bridgehead atoms. The van der Waals surface area contributed by atoms with Gasteiger partial charge in [0.05, 0.1) is 0 Å². The first-order valence-electron chi connectivity index (χ1n) is 6.91. The first-order valence-corrected chi connectivity index (χ1v) is 6.91. The summed E-state index contributed by atoms with van der Waals surface area (Å²) in [5, 5.41) is 12.1. The van der Waals surface area contributed by atoms with Crippen LogP contribution in [-0.4, -0.2) is 34.9 Å². The van der Waals surface area contributed by atoms with Crippen molar-refractivity contribution in [3.05, 3.63) is 0 Å². The quantitative estimate of drug-likeness (QED) is 0.346. The fourth-order valence-electron chi connectivity index (χ4n) is 3.31. The van der Waals surface area contributed by atoms with Crippen molar-refractivity contribution >= 4 is 11.7 Å². The SMILES string of the molecule is CCC1CCN(C(=O)C2(C(N)=NO)CCCC2)C1. The second-order valence-corrected chi connectivity index (χ2v) is 5.59. The molecule has 18 heavy (non-hydrogen) atoms. The van der Waals surface area contributed by atoms with Gasteiger partial charge in [-0.1, -0.05) is 31.3 Å². The van der Waals surface area contributed by atoms with E-state index in [1.54, 1.807) is 0 Å². The molecular weight excluding hydrogens is 230 g/mol. The second kappa shape index (κ2) is 5.16. The summed E-state index contributed by atoms with van der Waals surface area (Å²) in [5.41, 5.74) is 5.08. The number of likely N-dealkylation sites (tertiary alicyclic amines) is 1. The Morgan fingerprint density at radius 3 is 2.67 bits per heavy atom. The molecule has 5 nitrogen and oxygen atoms in total. The highest BCUT2D eigenvalue weighted by Gasteiger charge is 2.48. The molecule has 1 atom stereocenters. The molecule has 2 rings (SSSR count). The molecule has 0 aromatic heterocycles. The Balaban J connectivity index is 2.15. The maximum atomic E-state index is 12.7. The number of carbonyl (C=O) groups is 1. The van der Waals surface area contributed by atoms with Crippen molar-refractivity contribution in [2.75, 3.05) is 13.1 Å². The average Bonchev–Trinajstić information content (AvgIpc) is 3.06. The van der Waals surface area contributed by atoms with Crippen molar-refractivity contribution in [1.82, 2.24) is 4.90 Å². The summed E-state index contributed by atoms with van der Waals surface area (Å²) in [6.45, 7) is 3.81. The third-order valence-electron chi connectivity index (χ3n) is 4.61. The Hall–Kier alpha value is -1.26. The van der Waals surface area contributed by atoms with Crippen molar-refractivity contribution in [1.29, 1.82) is 0 Å². The van der Waals surface area contributed by atoms with Crippen LogP contribution < -0.4 is 5.73 Å². The molecule has 0 aromatic carbocycles. The van der Waals surface area contributed by atoms with E-state index in [4.69, 9.17) is 10.9 Å². The number of nitrogens with zero attached hydrogens (tertiary/aromatic N) is 2. The predicted molar refractivity (Wildman–Crippen MR) is 69.3 cm³/mol. The maximum Gasteiger partial charge on any atom is 0.236 e. The number of carbonyl (C=O) groups excluding carboxylic acids is 1. The summed E-state index contributed by atoms with van der Waals surface area (Å²) in [4.78, 5) is 14.6. The van der Waals surface area contributed by atoms with E-state index in [1.165, 1.54) is 0 Å². The van der Waals surface area contributed by atoms with E-state index in [2.05, 4.69) is 12.1 Å². The van der Waals surface area contributed by atoms with Crippen molar-refractivity contribution in [3.8, 4) is 0 Å². The van der Waals surface area contributed by atoms with E-state index in [-0.39, 0.29) is 11.7 Å². The summed E-state index contributed by atoms with van der Waals surface area (Å²) in [6, 6.07) is 0. The molecule has 0 spiro atoms. The summed E-state index contributed by atoms with van der Waals surface area (Å²) in [7, 11) is 0. The fraction of sp³-hybridized carbons (Fsp3) is 0.846. The van der Waals surface area contributed by atoms with Gasteiger partial charge in [0, 0.05) is 13.1 Å². The summed E-state index contributed by atoms with van der Waals surface area (Å²) in [5.74, 6) is 0.788. The molecule has 0 aromatic rings. The lowest BCUT2D eigenvalue weighted by Crippen LogP contribution is -2.49. The van der Waals surface area contributed by atoms with Crippen molar-refractivity contribution in [2.45, 2.75) is 45.4 Å². The Bertz CT molecular complexity index is 348. The lowest BCUT2D eigenvalue weighted by molar-refractivity contribution is -0.137. The van der Waals surface area contributed by atoms with Crippen LogP contribution >= 0.6 is 0 Å². The molecular formula is C13H23N3O2. The van der Waals surface area contributed by atoms with Crippen molar-refractivity contribution in [3.63, 3.8) is 0 Å². The van der Waals surface area contributed by atoms with Gasteiger partial charge in [-0.25, -0.2) is 0 Å². The zero-order valence-electron chi connectivity index (χ0n) is 11.1. The van der Waals surface area contributed by atoms with Crippen LogP contribution in [0.1, 0.15) is 45.4 Å². The Morgan fingerprint density at radius 1 is 1.50 bits per heavy atom. The van der Waals surface area contributed by atoms with Gasteiger partial charge >= 0.3 is 0 Å². The lowest BCUT2D eigenvalue weighted by Gasteiger charge is -2.31. The van der Waals surface area contributed by atoms with E-state index in [1.807, 2.05) is 4.90 Å². The number of amidine groups is 1. The highest BCUT2D eigenvalue weighted by Crippen LogP contribution is 2.41. The fourth-order valence-corrected chi connectivity index (χ4v) is 3.31. The van der Waals surface area contributed by atoms with Crippen LogP contribution in [0, 0.1) is 11.3 Å². The minimum Gasteiger partial charge on any atom is -0.409 e. The third-order valence-corrected chi connectivity index (χ3v) is 4.61. The molecule has 1 saturated carbocycles. The minimum atomic E-state index is -0.725. The van der Waals surface area contributed by atoms with Gasteiger partial charge in [-0.15, -0.1) is 0 Å². The Labute approximate surface area is 108 Å². The number of amides is 1. The largest absolute Gasteiger partial charge is 0.409 e. The Morgan fingerprint density at radius 2 is 2.17 bits per heavy atom. The molecule has 1 aliphatic heterocycles. The number of oxime groups is 1. The van der Waals surface area contributed by atoms with Gasteiger partial charge in [-0.05, 0) is 25.2 Å². The molecule has 1 saturated heterocycles. The molecule has 102 valence electrons. The monoisotopic (exact) mass is 253 g/mol. The van der Waals surface area contributed by atoms with Crippen LogP contribution in [0.3, 0.4) is 0 Å². The first kappa shape index (κ1) is 13.2. The summed E-state index contributed by atoms with van der Waals surface area (Å²) in [6.07, 6.45) is 5.58. The minimum absolute atomic E-state index is 0.0752.